The summed E-state index contributed by atoms with van der Waals surface area (Å²) < 4.78 is 34.5. The van der Waals surface area contributed by atoms with E-state index in [0.29, 0.717) is 16.5 Å². The lowest BCUT2D eigenvalue weighted by atomic mass is 9.94. The Kier molecular flexibility index (Phi) is 6.21. The van der Waals surface area contributed by atoms with Crippen LogP contribution < -0.4 is 14.8 Å². The number of benzene rings is 3. The summed E-state index contributed by atoms with van der Waals surface area (Å²) in [7, 11) is 1.31. The van der Waals surface area contributed by atoms with E-state index in [1.807, 2.05) is 12.1 Å². The Bertz CT molecular complexity index is 1190. The third kappa shape index (κ3) is 4.48. The van der Waals surface area contributed by atoms with Gasteiger partial charge in [-0.15, -0.1) is 0 Å². The highest BCUT2D eigenvalue weighted by Gasteiger charge is 2.32. The van der Waals surface area contributed by atoms with Crippen molar-refractivity contribution in [1.29, 1.82) is 0 Å². The number of halogens is 2. The van der Waals surface area contributed by atoms with Gasteiger partial charge in [0.25, 0.3) is 11.8 Å². The van der Waals surface area contributed by atoms with Crippen molar-refractivity contribution in [3.63, 3.8) is 0 Å². The highest BCUT2D eigenvalue weighted by Crippen LogP contribution is 2.32. The monoisotopic (exact) mass is 454 g/mol. The SMILES string of the molecule is COc1ccc(NC(=O)CCCN2C(=O)c3cccc4cccc(c34)C2=O)cc1OC(F)F. The zero-order valence-corrected chi connectivity index (χ0v) is 17.6. The maximum absolute atomic E-state index is 12.9. The molecular formula is C24H20F2N2O5. The van der Waals surface area contributed by atoms with Crippen LogP contribution in [0.2, 0.25) is 0 Å². The van der Waals surface area contributed by atoms with Crippen molar-refractivity contribution in [2.24, 2.45) is 0 Å². The molecule has 3 amide bonds. The van der Waals surface area contributed by atoms with Crippen LogP contribution in [-0.4, -0.2) is 42.9 Å². The van der Waals surface area contributed by atoms with Crippen LogP contribution in [0.15, 0.2) is 54.6 Å². The van der Waals surface area contributed by atoms with Crippen LogP contribution in [0.3, 0.4) is 0 Å². The summed E-state index contributed by atoms with van der Waals surface area (Å²) in [6.07, 6.45) is 0.248. The normalized spacial score (nSPS) is 12.9. The quantitative estimate of drug-likeness (QED) is 0.508. The van der Waals surface area contributed by atoms with E-state index in [1.165, 1.54) is 25.3 Å². The molecule has 0 bridgehead atoms. The van der Waals surface area contributed by atoms with Gasteiger partial charge in [0.1, 0.15) is 0 Å². The summed E-state index contributed by atoms with van der Waals surface area (Å²) in [4.78, 5) is 39.3. The van der Waals surface area contributed by atoms with Crippen molar-refractivity contribution in [2.45, 2.75) is 19.5 Å². The summed E-state index contributed by atoms with van der Waals surface area (Å²) in [6.45, 7) is -2.97. The van der Waals surface area contributed by atoms with E-state index in [4.69, 9.17) is 4.74 Å². The minimum Gasteiger partial charge on any atom is -0.493 e. The predicted octanol–water partition coefficient (Wildman–Crippen LogP) is 4.46. The zero-order chi connectivity index (χ0) is 23.5. The molecule has 33 heavy (non-hydrogen) atoms. The molecule has 1 N–H and O–H groups in total. The molecule has 9 heteroatoms. The summed E-state index contributed by atoms with van der Waals surface area (Å²) in [5, 5.41) is 4.05. The van der Waals surface area contributed by atoms with E-state index in [-0.39, 0.29) is 36.6 Å². The van der Waals surface area contributed by atoms with Crippen molar-refractivity contribution < 1.29 is 32.6 Å². The fourth-order valence-corrected chi connectivity index (χ4v) is 3.85. The van der Waals surface area contributed by atoms with Crippen LogP contribution in [0.1, 0.15) is 33.6 Å². The number of alkyl halides is 2. The van der Waals surface area contributed by atoms with Crippen molar-refractivity contribution in [3.8, 4) is 11.5 Å². The molecule has 0 aromatic heterocycles. The number of hydrogen-bond donors (Lipinski definition) is 1. The number of carbonyl (C=O) groups is 3. The molecule has 7 nitrogen and oxygen atoms in total. The molecule has 3 aromatic rings. The minimum atomic E-state index is -3.04. The molecule has 3 aromatic carbocycles. The largest absolute Gasteiger partial charge is 0.493 e. The predicted molar refractivity (Wildman–Crippen MR) is 117 cm³/mol. The lowest BCUT2D eigenvalue weighted by molar-refractivity contribution is -0.116. The summed E-state index contributed by atoms with van der Waals surface area (Å²) in [6, 6.07) is 14.7. The second-order valence-corrected chi connectivity index (χ2v) is 7.37. The Hall–Kier alpha value is -4.01. The molecule has 0 atom stereocenters. The topological polar surface area (TPSA) is 84.9 Å². The van der Waals surface area contributed by atoms with Crippen LogP contribution in [0, 0.1) is 0 Å². The average molecular weight is 454 g/mol. The van der Waals surface area contributed by atoms with Gasteiger partial charge < -0.3 is 14.8 Å². The molecule has 0 fully saturated rings. The van der Waals surface area contributed by atoms with Gasteiger partial charge in [-0.05, 0) is 36.1 Å². The molecule has 0 saturated carbocycles. The van der Waals surface area contributed by atoms with Crippen LogP contribution >= 0.6 is 0 Å². The highest BCUT2D eigenvalue weighted by atomic mass is 19.3. The molecule has 170 valence electrons. The Morgan fingerprint density at radius 3 is 2.27 bits per heavy atom. The molecule has 1 heterocycles. The minimum absolute atomic E-state index is 0.0139. The van der Waals surface area contributed by atoms with E-state index in [9.17, 15) is 23.2 Å². The molecule has 0 spiro atoms. The van der Waals surface area contributed by atoms with Crippen LogP contribution in [0.25, 0.3) is 10.8 Å². The Morgan fingerprint density at radius 1 is 1.00 bits per heavy atom. The molecule has 0 radical (unpaired) electrons. The van der Waals surface area contributed by atoms with Crippen molar-refractivity contribution in [3.05, 3.63) is 65.7 Å². The molecule has 4 rings (SSSR count). The summed E-state index contributed by atoms with van der Waals surface area (Å²) in [5.74, 6) is -1.29. The fourth-order valence-electron chi connectivity index (χ4n) is 3.85. The van der Waals surface area contributed by atoms with Gasteiger partial charge in [-0.25, -0.2) is 0 Å². The van der Waals surface area contributed by atoms with E-state index in [1.54, 1.807) is 24.3 Å². The molecule has 1 aliphatic heterocycles. The highest BCUT2D eigenvalue weighted by molar-refractivity contribution is 6.25. The Morgan fingerprint density at radius 2 is 1.67 bits per heavy atom. The van der Waals surface area contributed by atoms with Gasteiger partial charge >= 0.3 is 6.61 Å². The Labute approximate surface area is 187 Å². The maximum atomic E-state index is 12.9. The maximum Gasteiger partial charge on any atom is 0.387 e. The van der Waals surface area contributed by atoms with Gasteiger partial charge in [-0.3, -0.25) is 19.3 Å². The average Bonchev–Trinajstić information content (AvgIpc) is 2.79. The number of methoxy groups -OCH3 is 1. The van der Waals surface area contributed by atoms with E-state index in [0.717, 1.165) is 10.3 Å². The van der Waals surface area contributed by atoms with Crippen molar-refractivity contribution in [1.82, 2.24) is 4.90 Å². The first-order valence-electron chi connectivity index (χ1n) is 10.2. The number of amides is 3. The number of ether oxygens (including phenoxy) is 2. The second-order valence-electron chi connectivity index (χ2n) is 7.37. The number of carbonyl (C=O) groups excluding carboxylic acids is 3. The van der Waals surface area contributed by atoms with E-state index in [2.05, 4.69) is 10.1 Å². The lowest BCUT2D eigenvalue weighted by Gasteiger charge is -2.27. The molecular weight excluding hydrogens is 434 g/mol. The number of nitrogens with zero attached hydrogens (tertiary/aromatic N) is 1. The van der Waals surface area contributed by atoms with E-state index >= 15 is 0 Å². The van der Waals surface area contributed by atoms with Gasteiger partial charge in [-0.2, -0.15) is 8.78 Å². The van der Waals surface area contributed by atoms with Crippen molar-refractivity contribution in [2.75, 3.05) is 19.0 Å². The first-order valence-corrected chi connectivity index (χ1v) is 10.2. The first-order chi connectivity index (χ1) is 15.9. The lowest BCUT2D eigenvalue weighted by Crippen LogP contribution is -2.41. The van der Waals surface area contributed by atoms with Gasteiger partial charge in [0.05, 0.1) is 7.11 Å². The first kappa shape index (κ1) is 22.2. The smallest absolute Gasteiger partial charge is 0.387 e. The number of anilines is 1. The summed E-state index contributed by atoms with van der Waals surface area (Å²) >= 11 is 0. The standard InChI is InChI=1S/C24H20F2N2O5/c1-32-18-11-10-15(13-19(18)33-24(25)26)27-20(29)9-4-12-28-22(30)16-7-2-5-14-6-3-8-17(21(14)16)23(28)31/h2-3,5-8,10-11,13,24H,4,9,12H2,1H3,(H,27,29). The van der Waals surface area contributed by atoms with Gasteiger partial charge in [-0.1, -0.05) is 24.3 Å². The molecule has 0 saturated heterocycles. The van der Waals surface area contributed by atoms with Crippen LogP contribution in [0.4, 0.5) is 14.5 Å². The third-order valence-corrected chi connectivity index (χ3v) is 5.30. The number of hydrogen-bond acceptors (Lipinski definition) is 5. The second kappa shape index (κ2) is 9.23. The Balaban J connectivity index is 1.39. The zero-order valence-electron chi connectivity index (χ0n) is 17.6. The molecule has 0 aliphatic carbocycles. The molecule has 1 aliphatic rings. The van der Waals surface area contributed by atoms with Gasteiger partial charge in [0.15, 0.2) is 11.5 Å². The third-order valence-electron chi connectivity index (χ3n) is 5.30. The number of nitrogens with one attached hydrogen (secondary N) is 1. The van der Waals surface area contributed by atoms with Crippen molar-refractivity contribution >= 4 is 34.2 Å². The number of imide groups is 1. The van der Waals surface area contributed by atoms with Gasteiger partial charge in [0, 0.05) is 41.2 Å². The van der Waals surface area contributed by atoms with Gasteiger partial charge in [0.2, 0.25) is 5.91 Å². The van der Waals surface area contributed by atoms with Crippen LogP contribution in [-0.2, 0) is 4.79 Å². The van der Waals surface area contributed by atoms with E-state index < -0.39 is 24.3 Å². The summed E-state index contributed by atoms with van der Waals surface area (Å²) in [5.41, 5.74) is 1.16. The fraction of sp³-hybridized carbons (Fsp3) is 0.208. The van der Waals surface area contributed by atoms with Crippen LogP contribution in [0.5, 0.6) is 11.5 Å². The molecule has 0 unspecified atom stereocenters. The number of rotatable bonds is 8.